The molecule has 1 aliphatic rings. The molecule has 1 aliphatic heterocycles. The van der Waals surface area contributed by atoms with E-state index in [1.54, 1.807) is 13.8 Å². The van der Waals surface area contributed by atoms with Crippen molar-refractivity contribution in [2.24, 2.45) is 5.92 Å². The van der Waals surface area contributed by atoms with E-state index >= 15 is 0 Å². The quantitative estimate of drug-likeness (QED) is 0.276. The summed E-state index contributed by atoms with van der Waals surface area (Å²) in [6, 6.07) is 0. The molecule has 2 unspecified atom stereocenters. The van der Waals surface area contributed by atoms with Gasteiger partial charge in [0.1, 0.15) is 6.10 Å². The lowest BCUT2D eigenvalue weighted by Gasteiger charge is -2.39. The first kappa shape index (κ1) is 13.1. The molecule has 0 aromatic rings. The topological polar surface area (TPSA) is 97.6 Å². The number of rotatable bonds is 4. The fraction of sp³-hybridized carbons (Fsp3) is 1.00. The Hall–Kier alpha value is 0.0700. The lowest BCUT2D eigenvalue weighted by molar-refractivity contribution is -0.435. The van der Waals surface area contributed by atoms with Gasteiger partial charge in [-0.15, -0.1) is 4.33 Å². The van der Waals surface area contributed by atoms with Gasteiger partial charge in [-0.2, -0.15) is 0 Å². The number of hydrogen-bond donors (Lipinski definition) is 3. The van der Waals surface area contributed by atoms with E-state index in [1.807, 2.05) is 0 Å². The van der Waals surface area contributed by atoms with Crippen LogP contribution in [0.4, 0.5) is 0 Å². The summed E-state index contributed by atoms with van der Waals surface area (Å²) in [6.07, 6.45) is -3.09. The van der Waals surface area contributed by atoms with Gasteiger partial charge in [0.15, 0.2) is 18.6 Å². The third-order valence-corrected chi connectivity index (χ3v) is 2.77. The molecule has 0 radical (unpaired) electrons. The first-order valence-corrected chi connectivity index (χ1v) is 5.06. The molecule has 1 saturated heterocycles. The molecule has 1 rings (SSSR count). The van der Waals surface area contributed by atoms with Gasteiger partial charge in [-0.3, -0.25) is 4.18 Å². The van der Waals surface area contributed by atoms with Gasteiger partial charge in [-0.05, 0) is 6.92 Å². The predicted molar refractivity (Wildman–Crippen MR) is 49.0 cm³/mol. The highest BCUT2D eigenvalue weighted by Crippen LogP contribution is 2.28. The molecule has 1 heterocycles. The van der Waals surface area contributed by atoms with E-state index in [0.29, 0.717) is 12.3 Å². The minimum absolute atomic E-state index is 0.377. The molecule has 90 valence electrons. The van der Waals surface area contributed by atoms with Gasteiger partial charge >= 0.3 is 0 Å². The summed E-state index contributed by atoms with van der Waals surface area (Å²) in [5.74, 6) is -0.471. The molecule has 0 bridgehead atoms. The second-order valence-electron chi connectivity index (χ2n) is 3.35. The van der Waals surface area contributed by atoms with Crippen LogP contribution in [0.25, 0.3) is 0 Å². The molecule has 0 aromatic heterocycles. The van der Waals surface area contributed by atoms with Crippen molar-refractivity contribution in [1.82, 2.24) is 0 Å². The van der Waals surface area contributed by atoms with Gasteiger partial charge in [-0.1, -0.05) is 12.0 Å². The summed E-state index contributed by atoms with van der Waals surface area (Å²) in [4.78, 5) is 0. The summed E-state index contributed by atoms with van der Waals surface area (Å²) < 4.78 is 14.1. The van der Waals surface area contributed by atoms with Crippen molar-refractivity contribution >= 4 is 12.3 Å². The second-order valence-corrected chi connectivity index (χ2v) is 3.82. The van der Waals surface area contributed by atoms with Crippen LogP contribution in [0, 0.1) is 5.92 Å². The molecule has 7 nitrogen and oxygen atoms in total. The van der Waals surface area contributed by atoms with E-state index in [1.165, 1.54) is 0 Å². The maximum atomic E-state index is 9.74. The summed E-state index contributed by atoms with van der Waals surface area (Å²) in [5, 5.41) is 30.3. The molecule has 8 heteroatoms. The Kier molecular flexibility index (Phi) is 5.23. The average molecular weight is 242 g/mol. The Morgan fingerprint density at radius 3 is 2.53 bits per heavy atom. The Balaban J connectivity index is 2.46. The molecular weight excluding hydrogens is 228 g/mol. The van der Waals surface area contributed by atoms with E-state index < -0.39 is 30.5 Å². The normalized spacial score (nSPS) is 41.8. The molecule has 0 aromatic carbocycles. The van der Waals surface area contributed by atoms with Gasteiger partial charge < -0.3 is 14.9 Å². The molecule has 1 fully saturated rings. The fourth-order valence-corrected chi connectivity index (χ4v) is 1.79. The van der Waals surface area contributed by atoms with Crippen LogP contribution in [0.3, 0.4) is 0 Å². The van der Waals surface area contributed by atoms with Gasteiger partial charge in [0, 0.05) is 5.92 Å². The number of hydrogen-bond acceptors (Lipinski definition) is 8. The number of aliphatic hydroxyl groups excluding tert-OH is 2. The molecular formula is C7H14O7S. The summed E-state index contributed by atoms with van der Waals surface area (Å²) in [5.41, 5.74) is 0. The van der Waals surface area contributed by atoms with Crippen LogP contribution in [0.1, 0.15) is 13.8 Å². The summed E-state index contributed by atoms with van der Waals surface area (Å²) in [7, 11) is 0. The van der Waals surface area contributed by atoms with Gasteiger partial charge in [0.2, 0.25) is 0 Å². The predicted octanol–water partition coefficient (Wildman–Crippen LogP) is 0.0901. The van der Waals surface area contributed by atoms with E-state index in [2.05, 4.69) is 9.37 Å². The minimum atomic E-state index is -1.02. The molecule has 3 N–H and O–H groups in total. The smallest absolute Gasteiger partial charge is 0.198 e. The van der Waals surface area contributed by atoms with Gasteiger partial charge in [0.05, 0.1) is 12.2 Å². The Labute approximate surface area is 91.2 Å². The van der Waals surface area contributed by atoms with Crippen LogP contribution in [0.2, 0.25) is 0 Å². The monoisotopic (exact) mass is 242 g/mol. The first-order valence-electron chi connectivity index (χ1n) is 4.39. The Morgan fingerprint density at radius 2 is 1.93 bits per heavy atom. The van der Waals surface area contributed by atoms with Crippen molar-refractivity contribution < 1.29 is 33.8 Å². The van der Waals surface area contributed by atoms with Gasteiger partial charge in [0.25, 0.3) is 0 Å². The molecule has 0 amide bonds. The first-order chi connectivity index (χ1) is 7.07. The van der Waals surface area contributed by atoms with Crippen LogP contribution in [0.5, 0.6) is 0 Å². The summed E-state index contributed by atoms with van der Waals surface area (Å²) in [6.45, 7) is 3.27. The van der Waals surface area contributed by atoms with Crippen LogP contribution < -0.4 is 0 Å². The Morgan fingerprint density at radius 1 is 1.27 bits per heavy atom. The Bertz CT molecular complexity index is 192. The highest BCUT2D eigenvalue weighted by molar-refractivity contribution is 7.89. The zero-order chi connectivity index (χ0) is 11.4. The molecule has 0 aliphatic carbocycles. The van der Waals surface area contributed by atoms with Crippen LogP contribution in [-0.4, -0.2) is 40.1 Å². The number of ether oxygens (including phenoxy) is 1. The average Bonchev–Trinajstić information content (AvgIpc) is 2.20. The van der Waals surface area contributed by atoms with Crippen LogP contribution in [0.15, 0.2) is 0 Å². The van der Waals surface area contributed by atoms with Crippen molar-refractivity contribution in [2.75, 3.05) is 0 Å². The van der Waals surface area contributed by atoms with Crippen molar-refractivity contribution in [2.45, 2.75) is 38.4 Å². The standard InChI is InChI=1S/C7H14O7S/c1-3-5(8)6(12-15-14-13-10)4(2)11-7(3)9/h3-10H,1-2H3/t3?,4?,5-,6-,7-/m1/s1. The third-order valence-electron chi connectivity index (χ3n) is 2.35. The number of aliphatic hydroxyl groups is 2. The summed E-state index contributed by atoms with van der Waals surface area (Å²) >= 11 is 0.377. The van der Waals surface area contributed by atoms with Crippen molar-refractivity contribution in [1.29, 1.82) is 0 Å². The van der Waals surface area contributed by atoms with E-state index in [4.69, 9.17) is 14.2 Å². The van der Waals surface area contributed by atoms with Crippen molar-refractivity contribution in [3.63, 3.8) is 0 Å². The minimum Gasteiger partial charge on any atom is -0.390 e. The van der Waals surface area contributed by atoms with Crippen LogP contribution in [-0.2, 0) is 18.3 Å². The van der Waals surface area contributed by atoms with E-state index in [9.17, 15) is 10.2 Å². The SMILES string of the molecule is CC1[C@H](O)OC(C)[C@@H](OSOOO)[C@@H]1O. The fourth-order valence-electron chi connectivity index (χ4n) is 1.38. The second kappa shape index (κ2) is 5.97. The van der Waals surface area contributed by atoms with Gasteiger partial charge in [-0.25, -0.2) is 5.26 Å². The zero-order valence-electron chi connectivity index (χ0n) is 8.27. The lowest BCUT2D eigenvalue weighted by Crippen LogP contribution is -2.52. The molecule has 0 saturated carbocycles. The van der Waals surface area contributed by atoms with Crippen molar-refractivity contribution in [3.8, 4) is 0 Å². The van der Waals surface area contributed by atoms with E-state index in [-0.39, 0.29) is 0 Å². The maximum Gasteiger partial charge on any atom is 0.198 e. The largest absolute Gasteiger partial charge is 0.390 e. The lowest BCUT2D eigenvalue weighted by atomic mass is 9.93. The van der Waals surface area contributed by atoms with Crippen molar-refractivity contribution in [3.05, 3.63) is 0 Å². The highest BCUT2D eigenvalue weighted by atomic mass is 32.2. The third kappa shape index (κ3) is 3.26. The zero-order valence-corrected chi connectivity index (χ0v) is 9.09. The highest BCUT2D eigenvalue weighted by Gasteiger charge is 2.41. The van der Waals surface area contributed by atoms with E-state index in [0.717, 1.165) is 0 Å². The molecule has 0 spiro atoms. The molecule has 15 heavy (non-hydrogen) atoms. The van der Waals surface area contributed by atoms with Crippen LogP contribution >= 0.6 is 12.3 Å². The molecule has 5 atom stereocenters. The maximum absolute atomic E-state index is 9.74.